The number of rotatable bonds is 4. The molecule has 1 aromatic heterocycles. The number of aliphatic hydroxyl groups excluding tert-OH is 1. The van der Waals surface area contributed by atoms with Gasteiger partial charge in [-0.3, -0.25) is 0 Å². The van der Waals surface area contributed by atoms with Gasteiger partial charge in [-0.2, -0.15) is 0 Å². The van der Waals surface area contributed by atoms with E-state index in [1.54, 1.807) is 6.20 Å². The molecule has 2 aromatic rings. The molecule has 0 aliphatic carbocycles. The van der Waals surface area contributed by atoms with Crippen molar-refractivity contribution in [1.82, 2.24) is 9.55 Å². The van der Waals surface area contributed by atoms with Crippen LogP contribution in [0.1, 0.15) is 36.4 Å². The Bertz CT molecular complexity index is 606. The maximum atomic E-state index is 10.6. The van der Waals surface area contributed by atoms with E-state index in [9.17, 15) is 5.11 Å². The van der Waals surface area contributed by atoms with Gasteiger partial charge in [0.05, 0.1) is 0 Å². The van der Waals surface area contributed by atoms with Gasteiger partial charge in [-0.05, 0) is 30.0 Å². The molecule has 1 aromatic carbocycles. The van der Waals surface area contributed by atoms with Gasteiger partial charge < -0.3 is 14.6 Å². The van der Waals surface area contributed by atoms with Gasteiger partial charge in [-0.1, -0.05) is 19.1 Å². The Morgan fingerprint density at radius 1 is 1.40 bits per heavy atom. The van der Waals surface area contributed by atoms with E-state index in [-0.39, 0.29) is 0 Å². The fraction of sp³-hybridized carbons (Fsp3) is 0.438. The molecule has 0 spiro atoms. The number of likely N-dealkylation sites (N-methyl/N-ethyl adjacent to an activating group) is 1. The van der Waals surface area contributed by atoms with Crippen molar-refractivity contribution in [3.05, 3.63) is 47.5 Å². The van der Waals surface area contributed by atoms with E-state index < -0.39 is 6.10 Å². The maximum absolute atomic E-state index is 10.6. The third kappa shape index (κ3) is 2.20. The topological polar surface area (TPSA) is 41.3 Å². The molecule has 20 heavy (non-hydrogen) atoms. The molecule has 0 saturated carbocycles. The fourth-order valence-corrected chi connectivity index (χ4v) is 2.90. The number of fused-ring (bicyclic) bond motifs is 1. The van der Waals surface area contributed by atoms with Crippen LogP contribution in [0.3, 0.4) is 0 Å². The van der Waals surface area contributed by atoms with Crippen LogP contribution in [0.5, 0.6) is 0 Å². The van der Waals surface area contributed by atoms with Gasteiger partial charge >= 0.3 is 0 Å². The minimum Gasteiger partial charge on any atom is -0.380 e. The molecule has 1 atom stereocenters. The van der Waals surface area contributed by atoms with Crippen molar-refractivity contribution in [2.24, 2.45) is 0 Å². The summed E-state index contributed by atoms with van der Waals surface area (Å²) in [5, 5.41) is 10.6. The van der Waals surface area contributed by atoms with E-state index in [2.05, 4.69) is 36.0 Å². The van der Waals surface area contributed by atoms with Gasteiger partial charge in [0.1, 0.15) is 11.9 Å². The van der Waals surface area contributed by atoms with Crippen LogP contribution in [0.15, 0.2) is 30.6 Å². The quantitative estimate of drug-likeness (QED) is 0.928. The van der Waals surface area contributed by atoms with Gasteiger partial charge in [0.15, 0.2) is 0 Å². The highest BCUT2D eigenvalue weighted by molar-refractivity contribution is 5.58. The van der Waals surface area contributed by atoms with Crippen LogP contribution >= 0.6 is 0 Å². The molecule has 0 fully saturated rings. The Balaban J connectivity index is 1.91. The molecule has 4 nitrogen and oxygen atoms in total. The van der Waals surface area contributed by atoms with E-state index in [0.717, 1.165) is 37.3 Å². The smallest absolute Gasteiger partial charge is 0.142 e. The van der Waals surface area contributed by atoms with Gasteiger partial charge in [-0.15, -0.1) is 0 Å². The Labute approximate surface area is 119 Å². The van der Waals surface area contributed by atoms with Crippen LogP contribution in [-0.4, -0.2) is 28.3 Å². The maximum Gasteiger partial charge on any atom is 0.142 e. The Kier molecular flexibility index (Phi) is 3.49. The lowest BCUT2D eigenvalue weighted by molar-refractivity contribution is 0.204. The van der Waals surface area contributed by atoms with Gasteiger partial charge in [0.25, 0.3) is 0 Å². The fourth-order valence-electron chi connectivity index (χ4n) is 2.90. The zero-order valence-electron chi connectivity index (χ0n) is 12.1. The van der Waals surface area contributed by atoms with E-state index in [1.165, 1.54) is 11.3 Å². The second-order valence-corrected chi connectivity index (χ2v) is 5.44. The third-order valence-electron chi connectivity index (χ3n) is 4.00. The summed E-state index contributed by atoms with van der Waals surface area (Å²) < 4.78 is 2.03. The van der Waals surface area contributed by atoms with Crippen molar-refractivity contribution >= 4 is 5.69 Å². The zero-order valence-corrected chi connectivity index (χ0v) is 12.1. The highest BCUT2D eigenvalue weighted by atomic mass is 16.3. The van der Waals surface area contributed by atoms with Crippen LogP contribution in [0.4, 0.5) is 5.69 Å². The average molecular weight is 271 g/mol. The summed E-state index contributed by atoms with van der Waals surface area (Å²) >= 11 is 0. The molecule has 0 amide bonds. The number of anilines is 1. The average Bonchev–Trinajstić information content (AvgIpc) is 3.06. The monoisotopic (exact) mass is 271 g/mol. The highest BCUT2D eigenvalue weighted by Gasteiger charge is 2.20. The number of aliphatic hydroxyl groups is 1. The van der Waals surface area contributed by atoms with Crippen LogP contribution in [-0.2, 0) is 13.0 Å². The molecule has 1 aliphatic heterocycles. The molecule has 1 unspecified atom stereocenters. The van der Waals surface area contributed by atoms with Crippen LogP contribution in [0.25, 0.3) is 0 Å². The third-order valence-corrected chi connectivity index (χ3v) is 4.00. The molecule has 1 aliphatic rings. The second kappa shape index (κ2) is 5.29. The second-order valence-electron chi connectivity index (χ2n) is 5.44. The summed E-state index contributed by atoms with van der Waals surface area (Å²) in [5.41, 5.74) is 3.53. The summed E-state index contributed by atoms with van der Waals surface area (Å²) in [6.45, 7) is 4.07. The summed E-state index contributed by atoms with van der Waals surface area (Å²) in [5.74, 6) is 0.734. The lowest BCUT2D eigenvalue weighted by Gasteiger charge is -2.16. The highest BCUT2D eigenvalue weighted by Crippen LogP contribution is 2.31. The first kappa shape index (κ1) is 13.2. The first-order valence-corrected chi connectivity index (χ1v) is 7.23. The van der Waals surface area contributed by atoms with Crippen LogP contribution in [0, 0.1) is 0 Å². The zero-order chi connectivity index (χ0) is 14.1. The van der Waals surface area contributed by atoms with Crippen molar-refractivity contribution in [2.45, 2.75) is 32.4 Å². The molecule has 0 radical (unpaired) electrons. The standard InChI is InChI=1S/C16H21N3O/c1-3-8-19-10-7-17-16(19)15(20)13-4-5-14-12(11-13)6-9-18(14)2/h4-5,7,10-11,15,20H,3,6,8-9H2,1-2H3. The number of nitrogens with zero attached hydrogens (tertiary/aromatic N) is 3. The minimum absolute atomic E-state index is 0.646. The summed E-state index contributed by atoms with van der Waals surface area (Å²) in [6, 6.07) is 6.23. The predicted octanol–water partition coefficient (Wildman–Crippen LogP) is 2.37. The lowest BCUT2D eigenvalue weighted by Crippen LogP contribution is -2.12. The number of benzene rings is 1. The molecular formula is C16H21N3O. The molecule has 4 heteroatoms. The van der Waals surface area contributed by atoms with Gasteiger partial charge in [0, 0.05) is 38.2 Å². The Hall–Kier alpha value is -1.81. The van der Waals surface area contributed by atoms with E-state index >= 15 is 0 Å². The predicted molar refractivity (Wildman–Crippen MR) is 80.0 cm³/mol. The molecule has 0 saturated heterocycles. The van der Waals surface area contributed by atoms with E-state index in [1.807, 2.05) is 16.8 Å². The van der Waals surface area contributed by atoms with Crippen molar-refractivity contribution in [3.8, 4) is 0 Å². The van der Waals surface area contributed by atoms with Gasteiger partial charge in [0.2, 0.25) is 0 Å². The van der Waals surface area contributed by atoms with Crippen molar-refractivity contribution < 1.29 is 5.11 Å². The number of aromatic nitrogens is 2. The van der Waals surface area contributed by atoms with Gasteiger partial charge in [-0.25, -0.2) is 4.98 Å². The van der Waals surface area contributed by atoms with E-state index in [0.29, 0.717) is 0 Å². The molecule has 2 heterocycles. The molecule has 3 rings (SSSR count). The first-order valence-electron chi connectivity index (χ1n) is 7.23. The van der Waals surface area contributed by atoms with Crippen LogP contribution in [0.2, 0.25) is 0 Å². The Morgan fingerprint density at radius 2 is 2.25 bits per heavy atom. The summed E-state index contributed by atoms with van der Waals surface area (Å²) in [4.78, 5) is 6.58. The summed E-state index contributed by atoms with van der Waals surface area (Å²) in [6.07, 6.45) is 5.13. The number of aryl methyl sites for hydroxylation is 1. The number of hydrogen-bond donors (Lipinski definition) is 1. The Morgan fingerprint density at radius 3 is 3.05 bits per heavy atom. The number of hydrogen-bond acceptors (Lipinski definition) is 3. The molecule has 106 valence electrons. The van der Waals surface area contributed by atoms with Crippen molar-refractivity contribution in [2.75, 3.05) is 18.5 Å². The SMILES string of the molecule is CCCn1ccnc1C(O)c1ccc2c(c1)CCN2C. The van der Waals surface area contributed by atoms with E-state index in [4.69, 9.17) is 0 Å². The largest absolute Gasteiger partial charge is 0.380 e. The van der Waals surface area contributed by atoms with Crippen molar-refractivity contribution in [3.63, 3.8) is 0 Å². The normalized spacial score (nSPS) is 15.4. The lowest BCUT2D eigenvalue weighted by atomic mass is 10.0. The number of imidazole rings is 1. The molecule has 1 N–H and O–H groups in total. The molecular weight excluding hydrogens is 250 g/mol. The summed E-state index contributed by atoms with van der Waals surface area (Å²) in [7, 11) is 2.11. The minimum atomic E-state index is -0.646. The van der Waals surface area contributed by atoms with Crippen molar-refractivity contribution in [1.29, 1.82) is 0 Å². The molecule has 0 bridgehead atoms. The first-order chi connectivity index (χ1) is 9.70. The van der Waals surface area contributed by atoms with Crippen LogP contribution < -0.4 is 4.90 Å².